The minimum absolute atomic E-state index is 0.0612. The molecule has 2 aliphatic heterocycles. The molecule has 0 aliphatic carbocycles. The zero-order chi connectivity index (χ0) is 15.6. The zero-order valence-electron chi connectivity index (χ0n) is 12.9. The second-order valence-corrected chi connectivity index (χ2v) is 5.92. The van der Waals surface area contributed by atoms with Crippen molar-refractivity contribution >= 4 is 5.91 Å². The smallest absolute Gasteiger partial charge is 0.227 e. The lowest BCUT2D eigenvalue weighted by Gasteiger charge is -2.29. The number of likely N-dealkylation sites (tertiary alicyclic amines) is 1. The van der Waals surface area contributed by atoms with Gasteiger partial charge in [-0.1, -0.05) is 12.1 Å². The van der Waals surface area contributed by atoms with Gasteiger partial charge in [0.25, 0.3) is 0 Å². The fourth-order valence-electron chi connectivity index (χ4n) is 3.42. The maximum atomic E-state index is 12.7. The maximum Gasteiger partial charge on any atom is 0.227 e. The molecule has 5 nitrogen and oxygen atoms in total. The van der Waals surface area contributed by atoms with Gasteiger partial charge in [-0.2, -0.15) is 0 Å². The third-order valence-corrected chi connectivity index (χ3v) is 4.46. The lowest BCUT2D eigenvalue weighted by Crippen LogP contribution is -2.32. The van der Waals surface area contributed by atoms with Crippen LogP contribution < -0.4 is 9.47 Å². The third kappa shape index (κ3) is 2.67. The van der Waals surface area contributed by atoms with Crippen molar-refractivity contribution < 1.29 is 18.7 Å². The summed E-state index contributed by atoms with van der Waals surface area (Å²) < 4.78 is 16.5. The molecular formula is C18H19NO4. The SMILES string of the molecule is O=C(Cc1ccoc1)N1CCCC1c1cccc2c1OCCO2. The predicted molar refractivity (Wildman–Crippen MR) is 83.5 cm³/mol. The van der Waals surface area contributed by atoms with Crippen LogP contribution in [0.1, 0.15) is 30.0 Å². The Morgan fingerprint density at radius 1 is 1.22 bits per heavy atom. The first-order valence-corrected chi connectivity index (χ1v) is 8.02. The van der Waals surface area contributed by atoms with Gasteiger partial charge in [0.05, 0.1) is 25.0 Å². The maximum absolute atomic E-state index is 12.7. The number of hydrogen-bond acceptors (Lipinski definition) is 4. The summed E-state index contributed by atoms with van der Waals surface area (Å²) in [5, 5.41) is 0. The van der Waals surface area contributed by atoms with E-state index in [4.69, 9.17) is 13.9 Å². The van der Waals surface area contributed by atoms with E-state index in [2.05, 4.69) is 0 Å². The molecule has 4 rings (SSSR count). The number of rotatable bonds is 3. The fraction of sp³-hybridized carbons (Fsp3) is 0.389. The molecule has 120 valence electrons. The van der Waals surface area contributed by atoms with Crippen molar-refractivity contribution in [3.8, 4) is 11.5 Å². The Labute approximate surface area is 134 Å². The number of amides is 1. The van der Waals surface area contributed by atoms with Crippen molar-refractivity contribution in [3.63, 3.8) is 0 Å². The van der Waals surface area contributed by atoms with Gasteiger partial charge < -0.3 is 18.8 Å². The number of ether oxygens (including phenoxy) is 2. The van der Waals surface area contributed by atoms with Crippen molar-refractivity contribution in [1.29, 1.82) is 0 Å². The van der Waals surface area contributed by atoms with E-state index in [1.165, 1.54) is 0 Å². The Hall–Kier alpha value is -2.43. The molecule has 0 bridgehead atoms. The van der Waals surface area contributed by atoms with Crippen LogP contribution in [-0.2, 0) is 11.2 Å². The van der Waals surface area contributed by atoms with Gasteiger partial charge in [-0.15, -0.1) is 0 Å². The molecule has 5 heteroatoms. The van der Waals surface area contributed by atoms with Crippen molar-refractivity contribution in [2.75, 3.05) is 19.8 Å². The van der Waals surface area contributed by atoms with Crippen molar-refractivity contribution in [2.24, 2.45) is 0 Å². The van der Waals surface area contributed by atoms with Crippen LogP contribution in [0.25, 0.3) is 0 Å². The third-order valence-electron chi connectivity index (χ3n) is 4.46. The molecule has 1 fully saturated rings. The second kappa shape index (κ2) is 5.99. The van der Waals surface area contributed by atoms with E-state index < -0.39 is 0 Å². The standard InChI is InChI=1S/C18H19NO4/c20-17(11-13-6-8-21-12-13)19-7-2-4-15(19)14-3-1-5-16-18(14)23-10-9-22-16/h1,3,5-6,8,12,15H,2,4,7,9-11H2. The average Bonchev–Trinajstić information content (AvgIpc) is 3.25. The van der Waals surface area contributed by atoms with Crippen molar-refractivity contribution in [2.45, 2.75) is 25.3 Å². The van der Waals surface area contributed by atoms with E-state index in [0.717, 1.165) is 42.0 Å². The number of benzene rings is 1. The average molecular weight is 313 g/mol. The topological polar surface area (TPSA) is 51.9 Å². The fourth-order valence-corrected chi connectivity index (χ4v) is 3.42. The number of nitrogens with zero attached hydrogens (tertiary/aromatic N) is 1. The highest BCUT2D eigenvalue weighted by molar-refractivity contribution is 5.79. The monoisotopic (exact) mass is 313 g/mol. The number of hydrogen-bond donors (Lipinski definition) is 0. The molecule has 2 aromatic rings. The molecule has 23 heavy (non-hydrogen) atoms. The van der Waals surface area contributed by atoms with E-state index in [9.17, 15) is 4.79 Å². The Kier molecular flexibility index (Phi) is 3.69. The molecule has 2 aliphatic rings. The molecule has 1 unspecified atom stereocenters. The summed E-state index contributed by atoms with van der Waals surface area (Å²) in [6.07, 6.45) is 5.57. The molecule has 1 aromatic carbocycles. The van der Waals surface area contributed by atoms with E-state index in [-0.39, 0.29) is 11.9 Å². The predicted octanol–water partition coefficient (Wildman–Crippen LogP) is 2.96. The molecule has 0 saturated carbocycles. The second-order valence-electron chi connectivity index (χ2n) is 5.92. The Balaban J connectivity index is 1.59. The zero-order valence-corrected chi connectivity index (χ0v) is 12.9. The highest BCUT2D eigenvalue weighted by Gasteiger charge is 2.33. The van der Waals surface area contributed by atoms with Gasteiger partial charge in [0.1, 0.15) is 13.2 Å². The van der Waals surface area contributed by atoms with Crippen LogP contribution in [0.15, 0.2) is 41.2 Å². The highest BCUT2D eigenvalue weighted by Crippen LogP contribution is 2.42. The van der Waals surface area contributed by atoms with Crippen molar-refractivity contribution in [1.82, 2.24) is 4.90 Å². The Morgan fingerprint density at radius 2 is 2.13 bits per heavy atom. The summed E-state index contributed by atoms with van der Waals surface area (Å²) in [4.78, 5) is 14.6. The Morgan fingerprint density at radius 3 is 3.00 bits per heavy atom. The van der Waals surface area contributed by atoms with Gasteiger partial charge in [-0.25, -0.2) is 0 Å². The van der Waals surface area contributed by atoms with Crippen LogP contribution in [0.3, 0.4) is 0 Å². The molecule has 0 radical (unpaired) electrons. The first-order chi connectivity index (χ1) is 11.3. The summed E-state index contributed by atoms with van der Waals surface area (Å²) in [6.45, 7) is 1.91. The van der Waals surface area contributed by atoms with Gasteiger partial charge in [0, 0.05) is 12.1 Å². The largest absolute Gasteiger partial charge is 0.486 e. The molecule has 1 aromatic heterocycles. The lowest BCUT2D eigenvalue weighted by atomic mass is 10.0. The van der Waals surface area contributed by atoms with Gasteiger partial charge in [-0.05, 0) is 30.5 Å². The summed E-state index contributed by atoms with van der Waals surface area (Å²) in [5.41, 5.74) is 1.97. The van der Waals surface area contributed by atoms with E-state index >= 15 is 0 Å². The van der Waals surface area contributed by atoms with Gasteiger partial charge in [-0.3, -0.25) is 4.79 Å². The summed E-state index contributed by atoms with van der Waals surface area (Å²) in [5.74, 6) is 1.71. The quantitative estimate of drug-likeness (QED) is 0.874. The molecule has 3 heterocycles. The number of fused-ring (bicyclic) bond motifs is 1. The molecule has 1 amide bonds. The van der Waals surface area contributed by atoms with Gasteiger partial charge >= 0.3 is 0 Å². The van der Waals surface area contributed by atoms with Crippen LogP contribution in [0.2, 0.25) is 0 Å². The van der Waals surface area contributed by atoms with E-state index in [0.29, 0.717) is 19.6 Å². The van der Waals surface area contributed by atoms with Crippen LogP contribution >= 0.6 is 0 Å². The van der Waals surface area contributed by atoms with Gasteiger partial charge in [0.15, 0.2) is 11.5 Å². The van der Waals surface area contributed by atoms with E-state index in [1.807, 2.05) is 29.2 Å². The number of para-hydroxylation sites is 1. The van der Waals surface area contributed by atoms with Crippen LogP contribution in [0.5, 0.6) is 11.5 Å². The first kappa shape index (κ1) is 14.2. The van der Waals surface area contributed by atoms with Gasteiger partial charge in [0.2, 0.25) is 5.91 Å². The molecule has 1 saturated heterocycles. The first-order valence-electron chi connectivity index (χ1n) is 8.02. The normalized spacial score (nSPS) is 19.8. The number of carbonyl (C=O) groups excluding carboxylic acids is 1. The molecule has 1 atom stereocenters. The molecule has 0 spiro atoms. The summed E-state index contributed by atoms with van der Waals surface area (Å²) >= 11 is 0. The highest BCUT2D eigenvalue weighted by atomic mass is 16.6. The van der Waals surface area contributed by atoms with Crippen LogP contribution in [-0.4, -0.2) is 30.6 Å². The lowest BCUT2D eigenvalue weighted by molar-refractivity contribution is -0.131. The molecule has 0 N–H and O–H groups in total. The minimum Gasteiger partial charge on any atom is -0.486 e. The minimum atomic E-state index is 0.0612. The summed E-state index contributed by atoms with van der Waals surface area (Å²) in [7, 11) is 0. The van der Waals surface area contributed by atoms with Crippen molar-refractivity contribution in [3.05, 3.63) is 47.9 Å². The Bertz CT molecular complexity index is 695. The summed E-state index contributed by atoms with van der Waals surface area (Å²) in [6, 6.07) is 7.84. The van der Waals surface area contributed by atoms with Crippen LogP contribution in [0.4, 0.5) is 0 Å². The van der Waals surface area contributed by atoms with E-state index in [1.54, 1.807) is 12.5 Å². The number of furan rings is 1. The molecular weight excluding hydrogens is 294 g/mol. The van der Waals surface area contributed by atoms with Crippen LogP contribution in [0, 0.1) is 0 Å². The number of carbonyl (C=O) groups is 1.